The van der Waals surface area contributed by atoms with Gasteiger partial charge in [-0.2, -0.15) is 8.42 Å². The van der Waals surface area contributed by atoms with Crippen LogP contribution in [0, 0.1) is 0 Å². The molecule has 5 heteroatoms. The fraction of sp³-hybridized carbons (Fsp3) is 0.167. The molecule has 0 fully saturated rings. The molecular weight excluding hydrogens is 243 g/mol. The molecular formula is C12H11FO3S. The topological polar surface area (TPSA) is 43.4 Å². The predicted octanol–water partition coefficient (Wildman–Crippen LogP) is 2.65. The summed E-state index contributed by atoms with van der Waals surface area (Å²) in [6, 6.07) is 10.4. The molecule has 0 saturated carbocycles. The average Bonchev–Trinajstić information content (AvgIpc) is 2.28. The lowest BCUT2D eigenvalue weighted by molar-refractivity contribution is 0.419. The molecule has 2 aromatic rings. The third-order valence-corrected chi connectivity index (χ3v) is 3.18. The normalized spacial score (nSPS) is 11.6. The smallest absolute Gasteiger partial charge is 0.306 e. The lowest BCUT2D eigenvalue weighted by atomic mass is 10.0. The van der Waals surface area contributed by atoms with E-state index in [-0.39, 0.29) is 0 Å². The number of hydrogen-bond donors (Lipinski definition) is 0. The molecule has 0 radical (unpaired) electrons. The van der Waals surface area contributed by atoms with E-state index in [9.17, 15) is 12.3 Å². The van der Waals surface area contributed by atoms with E-state index in [2.05, 4.69) is 0 Å². The molecule has 0 aliphatic heterocycles. The van der Waals surface area contributed by atoms with Gasteiger partial charge in [0.15, 0.2) is 0 Å². The van der Waals surface area contributed by atoms with Crippen molar-refractivity contribution in [2.75, 3.05) is 7.11 Å². The highest BCUT2D eigenvalue weighted by Gasteiger charge is 2.13. The SMILES string of the molecule is COc1ccc(CS(=O)(=O)F)c2ccccc12. The van der Waals surface area contributed by atoms with Crippen LogP contribution in [0.5, 0.6) is 5.75 Å². The van der Waals surface area contributed by atoms with Gasteiger partial charge in [0.05, 0.1) is 7.11 Å². The molecule has 0 bridgehead atoms. The number of rotatable bonds is 3. The van der Waals surface area contributed by atoms with Crippen molar-refractivity contribution in [2.45, 2.75) is 5.75 Å². The molecule has 0 amide bonds. The van der Waals surface area contributed by atoms with E-state index in [1.165, 1.54) is 7.11 Å². The van der Waals surface area contributed by atoms with Crippen molar-refractivity contribution in [1.82, 2.24) is 0 Å². The number of halogens is 1. The van der Waals surface area contributed by atoms with Crippen molar-refractivity contribution < 1.29 is 17.0 Å². The summed E-state index contributed by atoms with van der Waals surface area (Å²) in [6.45, 7) is 0. The van der Waals surface area contributed by atoms with Gasteiger partial charge in [-0.05, 0) is 17.0 Å². The lowest BCUT2D eigenvalue weighted by Gasteiger charge is -2.08. The minimum Gasteiger partial charge on any atom is -0.496 e. The van der Waals surface area contributed by atoms with E-state index in [4.69, 9.17) is 4.74 Å². The van der Waals surface area contributed by atoms with Crippen LogP contribution in [0.4, 0.5) is 3.89 Å². The number of ether oxygens (including phenoxy) is 1. The first-order chi connectivity index (χ1) is 8.01. The van der Waals surface area contributed by atoms with Crippen LogP contribution < -0.4 is 4.74 Å². The van der Waals surface area contributed by atoms with Crippen LogP contribution in [0.25, 0.3) is 10.8 Å². The average molecular weight is 254 g/mol. The van der Waals surface area contributed by atoms with Gasteiger partial charge in [-0.3, -0.25) is 0 Å². The van der Waals surface area contributed by atoms with Gasteiger partial charge in [0.1, 0.15) is 11.5 Å². The van der Waals surface area contributed by atoms with Gasteiger partial charge in [-0.1, -0.05) is 30.3 Å². The van der Waals surface area contributed by atoms with Crippen LogP contribution in [-0.2, 0) is 16.0 Å². The number of hydrogen-bond acceptors (Lipinski definition) is 3. The summed E-state index contributed by atoms with van der Waals surface area (Å²) in [6.07, 6.45) is 0. The molecule has 0 N–H and O–H groups in total. The molecule has 17 heavy (non-hydrogen) atoms. The van der Waals surface area contributed by atoms with E-state index in [0.717, 1.165) is 5.39 Å². The quantitative estimate of drug-likeness (QED) is 0.791. The Labute approximate surface area is 99.0 Å². The summed E-state index contributed by atoms with van der Waals surface area (Å²) in [7, 11) is -2.99. The summed E-state index contributed by atoms with van der Waals surface area (Å²) >= 11 is 0. The first-order valence-electron chi connectivity index (χ1n) is 4.98. The third kappa shape index (κ3) is 2.55. The summed E-state index contributed by atoms with van der Waals surface area (Å²) in [5.41, 5.74) is 0.434. The minimum atomic E-state index is -4.53. The second-order valence-corrected chi connectivity index (χ2v) is 5.02. The van der Waals surface area contributed by atoms with Crippen LogP contribution in [-0.4, -0.2) is 15.5 Å². The van der Waals surface area contributed by atoms with Gasteiger partial charge in [0.2, 0.25) is 0 Å². The Morgan fingerprint density at radius 2 is 1.76 bits per heavy atom. The summed E-state index contributed by atoms with van der Waals surface area (Å²) < 4.78 is 39.3. The highest BCUT2D eigenvalue weighted by molar-refractivity contribution is 7.85. The van der Waals surface area contributed by atoms with Crippen LogP contribution in [0.15, 0.2) is 36.4 Å². The zero-order chi connectivity index (χ0) is 12.5. The summed E-state index contributed by atoms with van der Waals surface area (Å²) in [5.74, 6) is 0.0259. The van der Waals surface area contributed by atoms with Gasteiger partial charge >= 0.3 is 10.2 Å². The van der Waals surface area contributed by atoms with E-state index < -0.39 is 16.0 Å². The number of fused-ring (bicyclic) bond motifs is 1. The third-order valence-electron chi connectivity index (χ3n) is 2.52. The Morgan fingerprint density at radius 1 is 1.12 bits per heavy atom. The van der Waals surface area contributed by atoms with Gasteiger partial charge < -0.3 is 4.74 Å². The molecule has 0 saturated heterocycles. The molecule has 2 aromatic carbocycles. The molecule has 0 heterocycles. The van der Waals surface area contributed by atoms with Gasteiger partial charge in [0, 0.05) is 5.39 Å². The predicted molar refractivity (Wildman–Crippen MR) is 64.2 cm³/mol. The Bertz CT molecular complexity index is 650. The van der Waals surface area contributed by atoms with Crippen LogP contribution in [0.1, 0.15) is 5.56 Å². The van der Waals surface area contributed by atoms with E-state index in [0.29, 0.717) is 16.7 Å². The molecule has 2 rings (SSSR count). The zero-order valence-corrected chi connectivity index (χ0v) is 10.00. The van der Waals surface area contributed by atoms with Crippen molar-refractivity contribution in [3.63, 3.8) is 0 Å². The maximum atomic E-state index is 12.7. The lowest BCUT2D eigenvalue weighted by Crippen LogP contribution is -1.98. The molecule has 0 unspecified atom stereocenters. The summed E-state index contributed by atoms with van der Waals surface area (Å²) in [4.78, 5) is 0. The first kappa shape index (κ1) is 11.9. The number of benzene rings is 2. The van der Waals surface area contributed by atoms with Crippen molar-refractivity contribution in [3.05, 3.63) is 42.0 Å². The Kier molecular flexibility index (Phi) is 3.02. The molecule has 0 aliphatic rings. The first-order valence-corrected chi connectivity index (χ1v) is 6.53. The molecule has 0 aliphatic carbocycles. The maximum absolute atomic E-state index is 12.7. The highest BCUT2D eigenvalue weighted by atomic mass is 32.3. The summed E-state index contributed by atoms with van der Waals surface area (Å²) in [5, 5.41) is 1.46. The largest absolute Gasteiger partial charge is 0.496 e. The van der Waals surface area contributed by atoms with Crippen molar-refractivity contribution >= 4 is 21.0 Å². The molecule has 0 aromatic heterocycles. The molecule has 90 valence electrons. The Balaban J connectivity index is 2.67. The van der Waals surface area contributed by atoms with Crippen molar-refractivity contribution in [1.29, 1.82) is 0 Å². The van der Waals surface area contributed by atoms with Crippen LogP contribution in [0.3, 0.4) is 0 Å². The maximum Gasteiger partial charge on any atom is 0.306 e. The van der Waals surface area contributed by atoms with Gasteiger partial charge in [-0.15, -0.1) is 3.89 Å². The number of methoxy groups -OCH3 is 1. The van der Waals surface area contributed by atoms with E-state index >= 15 is 0 Å². The van der Waals surface area contributed by atoms with Crippen molar-refractivity contribution in [2.24, 2.45) is 0 Å². The van der Waals surface area contributed by atoms with Crippen LogP contribution >= 0.6 is 0 Å². The van der Waals surface area contributed by atoms with Crippen LogP contribution in [0.2, 0.25) is 0 Å². The Hall–Kier alpha value is -1.62. The standard InChI is InChI=1S/C12H11FO3S/c1-16-12-7-6-9(8-17(13,14)15)10-4-2-3-5-11(10)12/h2-7H,8H2,1H3. The van der Waals surface area contributed by atoms with Gasteiger partial charge in [0.25, 0.3) is 0 Å². The molecule has 0 spiro atoms. The second-order valence-electron chi connectivity index (χ2n) is 3.66. The van der Waals surface area contributed by atoms with E-state index in [1.54, 1.807) is 24.3 Å². The molecule has 0 atom stereocenters. The second kappa shape index (κ2) is 4.33. The molecule has 3 nitrogen and oxygen atoms in total. The van der Waals surface area contributed by atoms with E-state index in [1.807, 2.05) is 12.1 Å². The van der Waals surface area contributed by atoms with Gasteiger partial charge in [-0.25, -0.2) is 0 Å². The monoisotopic (exact) mass is 254 g/mol. The minimum absolute atomic E-state index is 0.434. The Morgan fingerprint density at radius 3 is 2.35 bits per heavy atom. The van der Waals surface area contributed by atoms with Crippen molar-refractivity contribution in [3.8, 4) is 5.75 Å². The fourth-order valence-electron chi connectivity index (χ4n) is 1.82. The highest BCUT2D eigenvalue weighted by Crippen LogP contribution is 2.29. The fourth-order valence-corrected chi connectivity index (χ4v) is 2.45. The zero-order valence-electron chi connectivity index (χ0n) is 9.18.